The van der Waals surface area contributed by atoms with Crippen LogP contribution in [0.2, 0.25) is 0 Å². The van der Waals surface area contributed by atoms with E-state index in [0.29, 0.717) is 23.6 Å². The normalized spacial score (nSPS) is 15.0. The Bertz CT molecular complexity index is 640. The zero-order valence-electron chi connectivity index (χ0n) is 12.0. The van der Waals surface area contributed by atoms with Crippen LogP contribution in [0.1, 0.15) is 28.8 Å². The highest BCUT2D eigenvalue weighted by molar-refractivity contribution is 8.13. The van der Waals surface area contributed by atoms with E-state index < -0.39 is 9.05 Å². The summed E-state index contributed by atoms with van der Waals surface area (Å²) in [5, 5.41) is 0. The Hall–Kier alpha value is -1.11. The van der Waals surface area contributed by atoms with Gasteiger partial charge in [0.25, 0.3) is 15.0 Å². The number of hydrogen-bond donors (Lipinski definition) is 0. The van der Waals surface area contributed by atoms with Crippen LogP contribution >= 0.6 is 10.7 Å². The van der Waals surface area contributed by atoms with Gasteiger partial charge in [-0.1, -0.05) is 6.07 Å². The molecule has 1 aromatic rings. The van der Waals surface area contributed by atoms with Crippen LogP contribution in [0.3, 0.4) is 0 Å². The molecule has 0 aliphatic heterocycles. The summed E-state index contributed by atoms with van der Waals surface area (Å²) in [5.41, 5.74) is 0.756. The monoisotopic (exact) mass is 331 g/mol. The summed E-state index contributed by atoms with van der Waals surface area (Å²) in [6, 6.07) is 4.49. The van der Waals surface area contributed by atoms with Crippen LogP contribution < -0.4 is 0 Å². The fraction of sp³-hybridized carbons (Fsp3) is 0.500. The zero-order valence-corrected chi connectivity index (χ0v) is 13.6. The molecule has 0 radical (unpaired) electrons. The summed E-state index contributed by atoms with van der Waals surface area (Å²) in [6.07, 6.45) is 2.29. The van der Waals surface area contributed by atoms with Gasteiger partial charge >= 0.3 is 0 Å². The van der Waals surface area contributed by atoms with Gasteiger partial charge in [-0.15, -0.1) is 0 Å². The summed E-state index contributed by atoms with van der Waals surface area (Å²) >= 11 is 0. The van der Waals surface area contributed by atoms with Crippen LogP contribution in [-0.4, -0.2) is 39.9 Å². The van der Waals surface area contributed by atoms with E-state index >= 15 is 0 Å². The van der Waals surface area contributed by atoms with Crippen LogP contribution in [0.5, 0.6) is 0 Å². The lowest BCUT2D eigenvalue weighted by atomic mass is 10.1. The number of nitrogens with zero attached hydrogens (tertiary/aromatic N) is 1. The number of amides is 1. The first-order valence-electron chi connectivity index (χ1n) is 6.65. The van der Waals surface area contributed by atoms with Crippen molar-refractivity contribution in [2.75, 3.05) is 20.7 Å². The largest absolute Gasteiger partial charge is 0.380 e. The van der Waals surface area contributed by atoms with Gasteiger partial charge in [0.15, 0.2) is 0 Å². The van der Waals surface area contributed by atoms with E-state index in [9.17, 15) is 13.2 Å². The molecule has 1 fully saturated rings. The quantitative estimate of drug-likeness (QED) is 0.750. The summed E-state index contributed by atoms with van der Waals surface area (Å²) < 4.78 is 28.2. The number of ether oxygens (including phenoxy) is 1. The maximum absolute atomic E-state index is 12.3. The second-order valence-corrected chi connectivity index (χ2v) is 7.86. The molecule has 7 heteroatoms. The fourth-order valence-corrected chi connectivity index (χ4v) is 3.32. The molecule has 1 aliphatic rings. The minimum Gasteiger partial charge on any atom is -0.380 e. The van der Waals surface area contributed by atoms with Gasteiger partial charge in [-0.05, 0) is 36.5 Å². The highest BCUT2D eigenvalue weighted by atomic mass is 35.7. The number of carbonyl (C=O) groups is 1. The van der Waals surface area contributed by atoms with E-state index in [0.717, 1.165) is 12.8 Å². The van der Waals surface area contributed by atoms with Gasteiger partial charge in [0.1, 0.15) is 0 Å². The van der Waals surface area contributed by atoms with E-state index in [2.05, 4.69) is 0 Å². The molecule has 0 saturated heterocycles. The summed E-state index contributed by atoms with van der Waals surface area (Å²) in [6.45, 7) is 0.815. The molecule has 1 aromatic carbocycles. The Kier molecular flexibility index (Phi) is 4.91. The second kappa shape index (κ2) is 6.34. The zero-order chi connectivity index (χ0) is 15.6. The number of benzene rings is 1. The molecule has 0 N–H and O–H groups in total. The maximum atomic E-state index is 12.3. The van der Waals surface area contributed by atoms with E-state index in [4.69, 9.17) is 15.4 Å². The van der Waals surface area contributed by atoms with Gasteiger partial charge in [0.2, 0.25) is 0 Å². The molecule has 5 nitrogen and oxygen atoms in total. The van der Waals surface area contributed by atoms with E-state index in [-0.39, 0.29) is 17.4 Å². The summed E-state index contributed by atoms with van der Waals surface area (Å²) in [7, 11) is 4.70. The first-order chi connectivity index (χ1) is 9.82. The number of rotatable bonds is 6. The molecule has 116 valence electrons. The highest BCUT2D eigenvalue weighted by Gasteiger charge is 2.26. The van der Waals surface area contributed by atoms with Gasteiger partial charge < -0.3 is 9.64 Å². The molecule has 0 aromatic heterocycles. The SMILES string of the molecule is COCc1ccc(C(=O)N(C)CC2CC2)cc1S(=O)(=O)Cl. The van der Waals surface area contributed by atoms with Crippen molar-refractivity contribution in [3.05, 3.63) is 29.3 Å². The standard InChI is InChI=1S/C14H18ClNO4S/c1-16(8-10-3-4-10)14(17)11-5-6-12(9-20-2)13(7-11)21(15,18)19/h5-7,10H,3-4,8-9H2,1-2H3. The van der Waals surface area contributed by atoms with Gasteiger partial charge in [-0.2, -0.15) is 0 Å². The predicted octanol–water partition coefficient (Wildman–Crippen LogP) is 2.24. The third kappa shape index (κ3) is 4.18. The van der Waals surface area contributed by atoms with Crippen molar-refractivity contribution in [2.45, 2.75) is 24.3 Å². The van der Waals surface area contributed by atoms with E-state index in [1.807, 2.05) is 0 Å². The summed E-state index contributed by atoms with van der Waals surface area (Å²) in [4.78, 5) is 13.9. The fourth-order valence-electron chi connectivity index (χ4n) is 2.18. The minimum absolute atomic E-state index is 0.0725. The molecular formula is C14H18ClNO4S. The lowest BCUT2D eigenvalue weighted by molar-refractivity contribution is 0.0788. The number of halogens is 1. The van der Waals surface area contributed by atoms with Gasteiger partial charge in [0.05, 0.1) is 11.5 Å². The molecule has 0 atom stereocenters. The first-order valence-corrected chi connectivity index (χ1v) is 8.96. The van der Waals surface area contributed by atoms with Crippen LogP contribution in [0, 0.1) is 5.92 Å². The summed E-state index contributed by atoms with van der Waals surface area (Å²) in [5.74, 6) is 0.371. The molecule has 1 amide bonds. The Morgan fingerprint density at radius 3 is 2.62 bits per heavy atom. The second-order valence-electron chi connectivity index (χ2n) is 5.32. The number of carbonyl (C=O) groups excluding carboxylic acids is 1. The van der Waals surface area contributed by atoms with Crippen molar-refractivity contribution in [1.82, 2.24) is 4.90 Å². The van der Waals surface area contributed by atoms with Gasteiger partial charge in [-0.3, -0.25) is 4.79 Å². The van der Waals surface area contributed by atoms with Crippen molar-refractivity contribution in [3.8, 4) is 0 Å². The molecule has 21 heavy (non-hydrogen) atoms. The Morgan fingerprint density at radius 1 is 1.43 bits per heavy atom. The molecule has 2 rings (SSSR count). The molecule has 1 aliphatic carbocycles. The highest BCUT2D eigenvalue weighted by Crippen LogP contribution is 2.30. The van der Waals surface area contributed by atoms with E-state index in [1.165, 1.54) is 13.2 Å². The number of hydrogen-bond acceptors (Lipinski definition) is 4. The Morgan fingerprint density at radius 2 is 2.10 bits per heavy atom. The van der Waals surface area contributed by atoms with Crippen LogP contribution in [-0.2, 0) is 20.4 Å². The maximum Gasteiger partial charge on any atom is 0.261 e. The average Bonchev–Trinajstić information content (AvgIpc) is 3.21. The smallest absolute Gasteiger partial charge is 0.261 e. The molecule has 0 unspecified atom stereocenters. The van der Waals surface area contributed by atoms with Crippen molar-refractivity contribution < 1.29 is 17.9 Å². The Balaban J connectivity index is 2.29. The number of methoxy groups -OCH3 is 1. The van der Waals surface area contributed by atoms with Gasteiger partial charge in [-0.25, -0.2) is 8.42 Å². The predicted molar refractivity (Wildman–Crippen MR) is 79.9 cm³/mol. The molecule has 0 spiro atoms. The van der Waals surface area contributed by atoms with Crippen LogP contribution in [0.15, 0.2) is 23.1 Å². The average molecular weight is 332 g/mol. The minimum atomic E-state index is -3.93. The Labute approximate surface area is 129 Å². The van der Waals surface area contributed by atoms with Crippen molar-refractivity contribution in [3.63, 3.8) is 0 Å². The molecule has 0 heterocycles. The molecular weight excluding hydrogens is 314 g/mol. The van der Waals surface area contributed by atoms with Crippen molar-refractivity contribution in [2.24, 2.45) is 5.92 Å². The van der Waals surface area contributed by atoms with Crippen LogP contribution in [0.25, 0.3) is 0 Å². The lowest BCUT2D eigenvalue weighted by Gasteiger charge is -2.17. The van der Waals surface area contributed by atoms with Crippen LogP contribution in [0.4, 0.5) is 0 Å². The third-order valence-corrected chi connectivity index (χ3v) is 4.86. The lowest BCUT2D eigenvalue weighted by Crippen LogP contribution is -2.28. The molecule has 1 saturated carbocycles. The third-order valence-electron chi connectivity index (χ3n) is 3.45. The van der Waals surface area contributed by atoms with Gasteiger partial charge in [0, 0.05) is 36.9 Å². The topological polar surface area (TPSA) is 63.7 Å². The van der Waals surface area contributed by atoms with Crippen molar-refractivity contribution >= 4 is 25.6 Å². The first kappa shape index (κ1) is 16.3. The van der Waals surface area contributed by atoms with E-state index in [1.54, 1.807) is 24.1 Å². The van der Waals surface area contributed by atoms with Crippen molar-refractivity contribution in [1.29, 1.82) is 0 Å². The molecule has 0 bridgehead atoms.